The number of hydrogen-bond donors (Lipinski definition) is 0. The first-order chi connectivity index (χ1) is 26.8. The molecule has 0 atom stereocenters. The highest BCUT2D eigenvalue weighted by Gasteiger charge is 2.19. The maximum absolute atomic E-state index is 5.29. The lowest BCUT2D eigenvalue weighted by Crippen LogP contribution is -1.97. The second kappa shape index (κ2) is 12.2. The maximum Gasteiger partial charge on any atom is 0.160 e. The van der Waals surface area contributed by atoms with E-state index < -0.39 is 0 Å². The van der Waals surface area contributed by atoms with Gasteiger partial charge in [-0.2, -0.15) is 0 Å². The van der Waals surface area contributed by atoms with Gasteiger partial charge in [0, 0.05) is 16.7 Å². The van der Waals surface area contributed by atoms with Gasteiger partial charge in [0.05, 0.1) is 11.4 Å². The number of hydrogen-bond acceptors (Lipinski definition) is 2. The third-order valence-corrected chi connectivity index (χ3v) is 11.1. The third-order valence-electron chi connectivity index (χ3n) is 11.1. The normalized spacial score (nSPS) is 11.7. The Kier molecular flexibility index (Phi) is 6.90. The van der Waals surface area contributed by atoms with Crippen LogP contribution in [0.25, 0.3) is 110 Å². The van der Waals surface area contributed by atoms with Gasteiger partial charge in [0.25, 0.3) is 0 Å². The predicted octanol–water partition coefficient (Wildman–Crippen LogP) is 14.0. The Morgan fingerprint density at radius 1 is 0.259 bits per heavy atom. The van der Waals surface area contributed by atoms with Gasteiger partial charge in [0.1, 0.15) is 0 Å². The number of nitrogens with zero attached hydrogens (tertiary/aromatic N) is 2. The summed E-state index contributed by atoms with van der Waals surface area (Å²) in [4.78, 5) is 10.6. The number of benzene rings is 10. The van der Waals surface area contributed by atoms with E-state index in [0.717, 1.165) is 38.9 Å². The first kappa shape index (κ1) is 30.5. The van der Waals surface area contributed by atoms with Crippen molar-refractivity contribution in [1.82, 2.24) is 9.97 Å². The van der Waals surface area contributed by atoms with Crippen LogP contribution in [0.4, 0.5) is 0 Å². The minimum Gasteiger partial charge on any atom is -0.228 e. The van der Waals surface area contributed by atoms with Crippen LogP contribution in [0.2, 0.25) is 0 Å². The smallest absolute Gasteiger partial charge is 0.160 e. The van der Waals surface area contributed by atoms with Crippen LogP contribution in [0.15, 0.2) is 194 Å². The van der Waals surface area contributed by atoms with Gasteiger partial charge in [-0.05, 0) is 82.2 Å². The van der Waals surface area contributed by atoms with Gasteiger partial charge in [-0.15, -0.1) is 0 Å². The summed E-state index contributed by atoms with van der Waals surface area (Å²) in [5.74, 6) is 0.708. The fraction of sp³-hybridized carbons (Fsp3) is 0. The van der Waals surface area contributed by atoms with E-state index in [0.29, 0.717) is 5.82 Å². The maximum atomic E-state index is 5.29. The molecule has 10 aromatic carbocycles. The Balaban J connectivity index is 1.13. The lowest BCUT2D eigenvalue weighted by Gasteiger charge is -2.17. The molecule has 0 saturated heterocycles. The van der Waals surface area contributed by atoms with E-state index in [1.807, 2.05) is 6.07 Å². The van der Waals surface area contributed by atoms with Crippen LogP contribution in [0.5, 0.6) is 0 Å². The zero-order valence-corrected chi connectivity index (χ0v) is 29.4. The van der Waals surface area contributed by atoms with Crippen molar-refractivity contribution in [2.45, 2.75) is 0 Å². The molecule has 0 N–H and O–H groups in total. The molecular formula is C52H32N2. The summed E-state index contributed by atoms with van der Waals surface area (Å²) in [6.07, 6.45) is 0. The van der Waals surface area contributed by atoms with Gasteiger partial charge in [-0.1, -0.05) is 188 Å². The highest BCUT2D eigenvalue weighted by Crippen LogP contribution is 2.43. The average Bonchev–Trinajstić information content (AvgIpc) is 3.25. The number of rotatable bonds is 5. The number of aromatic nitrogens is 2. The van der Waals surface area contributed by atoms with Crippen LogP contribution in [0.3, 0.4) is 0 Å². The van der Waals surface area contributed by atoms with Crippen LogP contribution >= 0.6 is 0 Å². The van der Waals surface area contributed by atoms with Crippen molar-refractivity contribution in [3.8, 4) is 56.2 Å². The van der Waals surface area contributed by atoms with Crippen molar-refractivity contribution in [1.29, 1.82) is 0 Å². The van der Waals surface area contributed by atoms with Crippen molar-refractivity contribution in [3.05, 3.63) is 194 Å². The molecule has 0 aliphatic rings. The summed E-state index contributed by atoms with van der Waals surface area (Å²) in [5, 5.41) is 12.5. The minimum absolute atomic E-state index is 0.708. The molecule has 1 heterocycles. The molecule has 11 rings (SSSR count). The van der Waals surface area contributed by atoms with Gasteiger partial charge < -0.3 is 0 Å². The summed E-state index contributed by atoms with van der Waals surface area (Å²) in [7, 11) is 0. The topological polar surface area (TPSA) is 25.8 Å². The van der Waals surface area contributed by atoms with E-state index >= 15 is 0 Å². The highest BCUT2D eigenvalue weighted by atomic mass is 14.9. The molecule has 250 valence electrons. The highest BCUT2D eigenvalue weighted by molar-refractivity contribution is 6.26. The van der Waals surface area contributed by atoms with E-state index in [1.54, 1.807) is 0 Å². The van der Waals surface area contributed by atoms with Crippen LogP contribution in [0.1, 0.15) is 0 Å². The largest absolute Gasteiger partial charge is 0.228 e. The molecule has 0 saturated carbocycles. The molecule has 0 amide bonds. The zero-order valence-electron chi connectivity index (χ0n) is 29.4. The van der Waals surface area contributed by atoms with Crippen LogP contribution in [-0.2, 0) is 0 Å². The molecule has 2 nitrogen and oxygen atoms in total. The molecule has 0 unspecified atom stereocenters. The second-order valence-electron chi connectivity index (χ2n) is 14.1. The fourth-order valence-electron chi connectivity index (χ4n) is 8.56. The first-order valence-corrected chi connectivity index (χ1v) is 18.5. The molecular weight excluding hydrogens is 653 g/mol. The van der Waals surface area contributed by atoms with Crippen molar-refractivity contribution in [2.24, 2.45) is 0 Å². The standard InChI is InChI=1S/C52H32N2/c1-3-12-33(13-4-1)38-28-30-45(41-20-9-7-18-39(38)41)48-32-49(54-52(53-48)37-14-5-2-6-15-37)46-31-29-43(40-19-8-10-21-42(40)46)44-26-24-36-23-22-34-16-11-17-35-25-27-47(44)51(36)50(34)35/h1-32H. The first-order valence-electron chi connectivity index (χ1n) is 18.5. The average molecular weight is 685 g/mol. The van der Waals surface area contributed by atoms with Gasteiger partial charge in [-0.25, -0.2) is 9.97 Å². The Morgan fingerprint density at radius 2 is 0.685 bits per heavy atom. The van der Waals surface area contributed by atoms with E-state index in [-0.39, 0.29) is 0 Å². The van der Waals surface area contributed by atoms with Gasteiger partial charge >= 0.3 is 0 Å². The molecule has 1 aromatic heterocycles. The summed E-state index contributed by atoms with van der Waals surface area (Å²) in [6.45, 7) is 0. The third kappa shape index (κ3) is 4.81. The predicted molar refractivity (Wildman–Crippen MR) is 228 cm³/mol. The second-order valence-corrected chi connectivity index (χ2v) is 14.1. The number of fused-ring (bicyclic) bond motifs is 2. The van der Waals surface area contributed by atoms with Gasteiger partial charge in [0.15, 0.2) is 5.82 Å². The van der Waals surface area contributed by atoms with Crippen molar-refractivity contribution >= 4 is 53.9 Å². The van der Waals surface area contributed by atoms with Crippen LogP contribution in [-0.4, -0.2) is 9.97 Å². The molecule has 0 aliphatic heterocycles. The zero-order chi connectivity index (χ0) is 35.6. The van der Waals surface area contributed by atoms with E-state index in [4.69, 9.17) is 9.97 Å². The minimum atomic E-state index is 0.708. The lowest BCUT2D eigenvalue weighted by molar-refractivity contribution is 1.19. The molecule has 54 heavy (non-hydrogen) atoms. The Bertz CT molecular complexity index is 3190. The quantitative estimate of drug-likeness (QED) is 0.169. The molecule has 0 bridgehead atoms. The molecule has 0 spiro atoms. The Labute approximate surface area is 313 Å². The lowest BCUT2D eigenvalue weighted by atomic mass is 9.87. The van der Waals surface area contributed by atoms with Crippen LogP contribution in [0, 0.1) is 0 Å². The molecule has 0 radical (unpaired) electrons. The summed E-state index contributed by atoms with van der Waals surface area (Å²) < 4.78 is 0. The van der Waals surface area contributed by atoms with E-state index in [1.165, 1.54) is 65.3 Å². The van der Waals surface area contributed by atoms with E-state index in [2.05, 4.69) is 188 Å². The summed E-state index contributed by atoms with van der Waals surface area (Å²) in [6, 6.07) is 69.8. The summed E-state index contributed by atoms with van der Waals surface area (Å²) >= 11 is 0. The van der Waals surface area contributed by atoms with E-state index in [9.17, 15) is 0 Å². The monoisotopic (exact) mass is 684 g/mol. The summed E-state index contributed by atoms with van der Waals surface area (Å²) in [5.41, 5.74) is 9.81. The van der Waals surface area contributed by atoms with Crippen molar-refractivity contribution < 1.29 is 0 Å². The fourth-order valence-corrected chi connectivity index (χ4v) is 8.56. The Morgan fingerprint density at radius 3 is 1.31 bits per heavy atom. The molecule has 0 aliphatic carbocycles. The SMILES string of the molecule is c1ccc(-c2nc(-c3ccc(-c4ccccc4)c4ccccc34)cc(-c3ccc(-c4ccc5ccc6cccc7ccc4c5c67)c4ccccc34)n2)cc1. The van der Waals surface area contributed by atoms with Gasteiger partial charge in [-0.3, -0.25) is 0 Å². The molecule has 0 fully saturated rings. The Hall–Kier alpha value is -7.16. The molecule has 11 aromatic rings. The van der Waals surface area contributed by atoms with Gasteiger partial charge in [0.2, 0.25) is 0 Å². The van der Waals surface area contributed by atoms with Crippen LogP contribution < -0.4 is 0 Å². The molecule has 2 heteroatoms. The van der Waals surface area contributed by atoms with Crippen molar-refractivity contribution in [3.63, 3.8) is 0 Å². The van der Waals surface area contributed by atoms with Crippen molar-refractivity contribution in [2.75, 3.05) is 0 Å².